The minimum Gasteiger partial charge on any atom is -0.389 e. The molecule has 19 heavy (non-hydrogen) atoms. The Morgan fingerprint density at radius 3 is 2.74 bits per heavy atom. The molecule has 1 aromatic carbocycles. The molecule has 1 N–H and O–H groups in total. The summed E-state index contributed by atoms with van der Waals surface area (Å²) < 4.78 is 14.2. The second-order valence-electron chi connectivity index (χ2n) is 5.55. The van der Waals surface area contributed by atoms with E-state index in [2.05, 4.69) is 23.8 Å². The summed E-state index contributed by atoms with van der Waals surface area (Å²) in [6.45, 7) is 6.64. The van der Waals surface area contributed by atoms with Crippen LogP contribution >= 0.6 is 0 Å². The van der Waals surface area contributed by atoms with Gasteiger partial charge in [-0.2, -0.15) is 0 Å². The Hall–Kier alpha value is -1.13. The summed E-state index contributed by atoms with van der Waals surface area (Å²) in [7, 11) is 2.10. The summed E-state index contributed by atoms with van der Waals surface area (Å²) in [6, 6.07) is 5.34. The van der Waals surface area contributed by atoms with E-state index in [4.69, 9.17) is 0 Å². The van der Waals surface area contributed by atoms with Crippen molar-refractivity contribution >= 4 is 5.69 Å². The molecule has 0 aliphatic carbocycles. The zero-order chi connectivity index (χ0) is 14.0. The van der Waals surface area contributed by atoms with Gasteiger partial charge in [-0.25, -0.2) is 4.39 Å². The number of nitrogens with zero attached hydrogens (tertiary/aromatic N) is 2. The number of halogens is 1. The van der Waals surface area contributed by atoms with Gasteiger partial charge in [0.2, 0.25) is 0 Å². The maximum absolute atomic E-state index is 14.2. The van der Waals surface area contributed by atoms with Gasteiger partial charge in [0, 0.05) is 19.1 Å². The van der Waals surface area contributed by atoms with Crippen LogP contribution in [-0.4, -0.2) is 42.7 Å². The van der Waals surface area contributed by atoms with Gasteiger partial charge in [0.05, 0.1) is 11.8 Å². The topological polar surface area (TPSA) is 26.7 Å². The molecule has 0 bridgehead atoms. The monoisotopic (exact) mass is 266 g/mol. The van der Waals surface area contributed by atoms with Crippen molar-refractivity contribution in [1.29, 1.82) is 0 Å². The number of benzene rings is 1. The first kappa shape index (κ1) is 14.3. The Labute approximate surface area is 114 Å². The highest BCUT2D eigenvalue weighted by Gasteiger charge is 2.22. The van der Waals surface area contributed by atoms with Gasteiger partial charge in [0.1, 0.15) is 5.82 Å². The second kappa shape index (κ2) is 5.88. The molecule has 1 saturated heterocycles. The Balaban J connectivity index is 2.25. The molecule has 106 valence electrons. The molecule has 1 heterocycles. The summed E-state index contributed by atoms with van der Waals surface area (Å²) in [5, 5.41) is 9.49. The molecule has 1 aliphatic heterocycles. The molecule has 0 aromatic heterocycles. The molecular formula is C15H23FN2O. The summed E-state index contributed by atoms with van der Waals surface area (Å²) in [5.74, 6) is -0.241. The number of aliphatic hydroxyl groups is 1. The van der Waals surface area contributed by atoms with Crippen molar-refractivity contribution in [2.45, 2.75) is 32.4 Å². The molecule has 3 nitrogen and oxygen atoms in total. The SMILES string of the molecule is CC1CN(C)CCCN1c1ccc([C@@H](C)O)cc1F. The third kappa shape index (κ3) is 3.25. The molecule has 1 unspecified atom stereocenters. The molecule has 2 rings (SSSR count). The fourth-order valence-corrected chi connectivity index (χ4v) is 2.75. The minimum atomic E-state index is -0.628. The Morgan fingerprint density at radius 1 is 1.37 bits per heavy atom. The van der Waals surface area contributed by atoms with Gasteiger partial charge in [0.25, 0.3) is 0 Å². The van der Waals surface area contributed by atoms with E-state index in [1.807, 2.05) is 6.07 Å². The Kier molecular flexibility index (Phi) is 4.42. The number of anilines is 1. The highest BCUT2D eigenvalue weighted by atomic mass is 19.1. The lowest BCUT2D eigenvalue weighted by Gasteiger charge is -2.30. The van der Waals surface area contributed by atoms with Crippen LogP contribution in [0.3, 0.4) is 0 Å². The summed E-state index contributed by atoms with van der Waals surface area (Å²) in [6.07, 6.45) is 0.412. The zero-order valence-electron chi connectivity index (χ0n) is 11.9. The van der Waals surface area contributed by atoms with E-state index in [-0.39, 0.29) is 5.82 Å². The van der Waals surface area contributed by atoms with E-state index >= 15 is 0 Å². The maximum Gasteiger partial charge on any atom is 0.146 e. The first-order valence-corrected chi connectivity index (χ1v) is 6.91. The van der Waals surface area contributed by atoms with E-state index in [1.165, 1.54) is 6.07 Å². The van der Waals surface area contributed by atoms with Gasteiger partial charge in [-0.05, 0) is 51.6 Å². The molecule has 1 fully saturated rings. The van der Waals surface area contributed by atoms with Crippen LogP contribution in [0.25, 0.3) is 0 Å². The van der Waals surface area contributed by atoms with Gasteiger partial charge < -0.3 is 14.9 Å². The molecule has 2 atom stereocenters. The van der Waals surface area contributed by atoms with E-state index in [0.717, 1.165) is 26.1 Å². The van der Waals surface area contributed by atoms with Crippen LogP contribution in [0.1, 0.15) is 31.9 Å². The van der Waals surface area contributed by atoms with E-state index < -0.39 is 6.10 Å². The number of hydrogen-bond donors (Lipinski definition) is 1. The van der Waals surface area contributed by atoms with E-state index in [1.54, 1.807) is 13.0 Å². The summed E-state index contributed by atoms with van der Waals surface area (Å²) in [5.41, 5.74) is 1.27. The molecule has 1 aliphatic rings. The predicted octanol–water partition coefficient (Wildman–Crippen LogP) is 2.41. The van der Waals surface area contributed by atoms with Crippen molar-refractivity contribution in [2.75, 3.05) is 31.6 Å². The number of rotatable bonds is 2. The third-order valence-corrected chi connectivity index (χ3v) is 3.81. The lowest BCUT2D eigenvalue weighted by atomic mass is 10.1. The molecule has 0 saturated carbocycles. The maximum atomic E-state index is 14.2. The van der Waals surface area contributed by atoms with Crippen LogP contribution in [0, 0.1) is 5.82 Å². The van der Waals surface area contributed by atoms with E-state index in [9.17, 15) is 9.50 Å². The van der Waals surface area contributed by atoms with Gasteiger partial charge in [-0.15, -0.1) is 0 Å². The van der Waals surface area contributed by atoms with Crippen LogP contribution in [0.5, 0.6) is 0 Å². The van der Waals surface area contributed by atoms with E-state index in [0.29, 0.717) is 17.3 Å². The number of aliphatic hydroxyl groups excluding tert-OH is 1. The van der Waals surface area contributed by atoms with Crippen molar-refractivity contribution in [2.24, 2.45) is 0 Å². The number of likely N-dealkylation sites (N-methyl/N-ethyl adjacent to an activating group) is 1. The summed E-state index contributed by atoms with van der Waals surface area (Å²) in [4.78, 5) is 4.41. The average Bonchev–Trinajstić information content (AvgIpc) is 2.50. The van der Waals surface area contributed by atoms with Gasteiger partial charge in [-0.1, -0.05) is 6.07 Å². The fraction of sp³-hybridized carbons (Fsp3) is 0.600. The first-order valence-electron chi connectivity index (χ1n) is 6.91. The highest BCUT2D eigenvalue weighted by molar-refractivity contribution is 5.50. The predicted molar refractivity (Wildman–Crippen MR) is 76.0 cm³/mol. The van der Waals surface area contributed by atoms with Crippen LogP contribution in [0.4, 0.5) is 10.1 Å². The lowest BCUT2D eigenvalue weighted by molar-refractivity contribution is 0.199. The molecule has 0 amide bonds. The number of hydrogen-bond acceptors (Lipinski definition) is 3. The zero-order valence-corrected chi connectivity index (χ0v) is 11.9. The first-order chi connectivity index (χ1) is 8.99. The quantitative estimate of drug-likeness (QED) is 0.890. The van der Waals surface area contributed by atoms with Crippen molar-refractivity contribution in [3.8, 4) is 0 Å². The Morgan fingerprint density at radius 2 is 2.11 bits per heavy atom. The summed E-state index contributed by atoms with van der Waals surface area (Å²) >= 11 is 0. The third-order valence-electron chi connectivity index (χ3n) is 3.81. The minimum absolute atomic E-state index is 0.241. The second-order valence-corrected chi connectivity index (χ2v) is 5.55. The van der Waals surface area contributed by atoms with Crippen molar-refractivity contribution in [1.82, 2.24) is 4.90 Å². The Bertz CT molecular complexity index is 436. The van der Waals surface area contributed by atoms with Crippen LogP contribution < -0.4 is 4.90 Å². The smallest absolute Gasteiger partial charge is 0.146 e. The van der Waals surface area contributed by atoms with Crippen LogP contribution in [0.15, 0.2) is 18.2 Å². The van der Waals surface area contributed by atoms with Gasteiger partial charge >= 0.3 is 0 Å². The lowest BCUT2D eigenvalue weighted by Crippen LogP contribution is -2.38. The molecule has 0 radical (unpaired) electrons. The van der Waals surface area contributed by atoms with Gasteiger partial charge in [-0.3, -0.25) is 0 Å². The standard InChI is InChI=1S/C15H23FN2O/c1-11-10-17(3)7-4-8-18(11)15-6-5-13(12(2)19)9-14(15)16/h5-6,9,11-12,19H,4,7-8,10H2,1-3H3/t11?,12-/m1/s1. The molecule has 4 heteroatoms. The average molecular weight is 266 g/mol. The molecule has 1 aromatic rings. The van der Waals surface area contributed by atoms with Crippen LogP contribution in [-0.2, 0) is 0 Å². The highest BCUT2D eigenvalue weighted by Crippen LogP contribution is 2.26. The normalized spacial score (nSPS) is 23.2. The van der Waals surface area contributed by atoms with Crippen molar-refractivity contribution < 1.29 is 9.50 Å². The largest absolute Gasteiger partial charge is 0.389 e. The van der Waals surface area contributed by atoms with Crippen LogP contribution in [0.2, 0.25) is 0 Å². The molecule has 0 spiro atoms. The fourth-order valence-electron chi connectivity index (χ4n) is 2.75. The van der Waals surface area contributed by atoms with Crippen molar-refractivity contribution in [3.05, 3.63) is 29.6 Å². The van der Waals surface area contributed by atoms with Gasteiger partial charge in [0.15, 0.2) is 0 Å². The van der Waals surface area contributed by atoms with Crippen molar-refractivity contribution in [3.63, 3.8) is 0 Å². The molecular weight excluding hydrogens is 243 g/mol.